The van der Waals surface area contributed by atoms with E-state index in [1.54, 1.807) is 24.3 Å². The number of nitrogens with zero attached hydrogens (tertiary/aromatic N) is 1. The third kappa shape index (κ3) is 3.19. The van der Waals surface area contributed by atoms with E-state index in [0.29, 0.717) is 29.8 Å². The van der Waals surface area contributed by atoms with Crippen molar-refractivity contribution in [2.45, 2.75) is 31.6 Å². The molecule has 7 heteroatoms. The van der Waals surface area contributed by atoms with Gasteiger partial charge in [-0.3, -0.25) is 9.69 Å². The fourth-order valence-electron chi connectivity index (χ4n) is 3.07. The lowest BCUT2D eigenvalue weighted by Crippen LogP contribution is -2.41. The Bertz CT molecular complexity index is 770. The summed E-state index contributed by atoms with van der Waals surface area (Å²) in [6.45, 7) is 0.353. The minimum atomic E-state index is -4.26. The van der Waals surface area contributed by atoms with Gasteiger partial charge in [-0.2, -0.15) is 13.2 Å². The van der Waals surface area contributed by atoms with Crippen molar-refractivity contribution in [3.63, 3.8) is 0 Å². The molecule has 124 valence electrons. The number of aromatic amines is 1. The summed E-state index contributed by atoms with van der Waals surface area (Å²) in [4.78, 5) is 16.2. The zero-order valence-electron chi connectivity index (χ0n) is 12.6. The van der Waals surface area contributed by atoms with Crippen molar-refractivity contribution in [1.82, 2.24) is 9.88 Å². The van der Waals surface area contributed by atoms with E-state index in [-0.39, 0.29) is 18.5 Å². The summed E-state index contributed by atoms with van der Waals surface area (Å²) in [5, 5.41) is 0.767. The summed E-state index contributed by atoms with van der Waals surface area (Å²) >= 11 is 0. The Balaban J connectivity index is 1.91. The maximum absolute atomic E-state index is 13.0. The highest BCUT2D eigenvalue weighted by Gasteiger charge is 2.45. The summed E-state index contributed by atoms with van der Waals surface area (Å²) < 4.78 is 44.1. The number of ether oxygens (including phenoxy) is 1. The predicted octanol–water partition coefficient (Wildman–Crippen LogP) is 3.06. The maximum atomic E-state index is 13.0. The molecule has 1 aromatic heterocycles. The van der Waals surface area contributed by atoms with Gasteiger partial charge in [-0.25, -0.2) is 0 Å². The van der Waals surface area contributed by atoms with E-state index in [1.165, 1.54) is 12.0 Å². The standard InChI is InChI=1S/C16H17F3N2O2/c1-23-12-5-4-10-7-11(15(22)20-13(10)8-12)9-21-6-2-3-14(21)16(17,18)19/h4-5,7-8,14H,2-3,6,9H2,1H3,(H,20,22). The highest BCUT2D eigenvalue weighted by Crippen LogP contribution is 2.33. The molecule has 2 heterocycles. The lowest BCUT2D eigenvalue weighted by molar-refractivity contribution is -0.177. The second-order valence-corrected chi connectivity index (χ2v) is 5.75. The van der Waals surface area contributed by atoms with Crippen molar-refractivity contribution >= 4 is 10.9 Å². The van der Waals surface area contributed by atoms with Gasteiger partial charge in [0.2, 0.25) is 0 Å². The number of benzene rings is 1. The summed E-state index contributed by atoms with van der Waals surface area (Å²) in [5.41, 5.74) is 0.587. The minimum absolute atomic E-state index is 0.00147. The van der Waals surface area contributed by atoms with Crippen molar-refractivity contribution in [2.75, 3.05) is 13.7 Å². The monoisotopic (exact) mass is 326 g/mol. The highest BCUT2D eigenvalue weighted by molar-refractivity contribution is 5.80. The quantitative estimate of drug-likeness (QED) is 0.943. The van der Waals surface area contributed by atoms with Gasteiger partial charge >= 0.3 is 6.18 Å². The van der Waals surface area contributed by atoms with Gasteiger partial charge in [0.1, 0.15) is 11.8 Å². The number of aromatic nitrogens is 1. The molecule has 1 unspecified atom stereocenters. The Hall–Kier alpha value is -2.02. The first-order valence-electron chi connectivity index (χ1n) is 7.39. The molecule has 3 rings (SSSR count). The van der Waals surface area contributed by atoms with Crippen LogP contribution >= 0.6 is 0 Å². The zero-order valence-corrected chi connectivity index (χ0v) is 12.6. The first kappa shape index (κ1) is 15.9. The molecule has 0 bridgehead atoms. The smallest absolute Gasteiger partial charge is 0.404 e. The molecule has 0 amide bonds. The third-order valence-corrected chi connectivity index (χ3v) is 4.24. The average Bonchev–Trinajstić information content (AvgIpc) is 2.96. The molecule has 1 N–H and O–H groups in total. The van der Waals surface area contributed by atoms with Crippen molar-refractivity contribution < 1.29 is 17.9 Å². The molecule has 1 aliphatic rings. The van der Waals surface area contributed by atoms with Crippen LogP contribution in [0.3, 0.4) is 0 Å². The number of likely N-dealkylation sites (tertiary alicyclic amines) is 1. The summed E-state index contributed by atoms with van der Waals surface area (Å²) in [6.07, 6.45) is -3.67. The largest absolute Gasteiger partial charge is 0.497 e. The normalized spacial score (nSPS) is 19.4. The molecular formula is C16H17F3N2O2. The Morgan fingerprint density at radius 1 is 1.35 bits per heavy atom. The number of fused-ring (bicyclic) bond motifs is 1. The number of nitrogens with one attached hydrogen (secondary N) is 1. The Labute approximate surface area is 130 Å². The average molecular weight is 326 g/mol. The molecule has 0 aliphatic carbocycles. The van der Waals surface area contributed by atoms with Crippen LogP contribution in [0, 0.1) is 0 Å². The molecule has 4 nitrogen and oxygen atoms in total. The number of methoxy groups -OCH3 is 1. The van der Waals surface area contributed by atoms with Gasteiger partial charge in [-0.15, -0.1) is 0 Å². The van der Waals surface area contributed by atoms with Crippen molar-refractivity contribution in [3.8, 4) is 5.75 Å². The molecule has 1 fully saturated rings. The van der Waals surface area contributed by atoms with E-state index >= 15 is 0 Å². The number of hydrogen-bond donors (Lipinski definition) is 1. The molecule has 1 aliphatic heterocycles. The van der Waals surface area contributed by atoms with Gasteiger partial charge in [-0.1, -0.05) is 0 Å². The third-order valence-electron chi connectivity index (χ3n) is 4.24. The van der Waals surface area contributed by atoms with Crippen LogP contribution in [0.4, 0.5) is 13.2 Å². The van der Waals surface area contributed by atoms with Gasteiger partial charge in [-0.05, 0) is 43.0 Å². The fourth-order valence-corrected chi connectivity index (χ4v) is 3.07. The Kier molecular flexibility index (Phi) is 4.06. The predicted molar refractivity (Wildman–Crippen MR) is 80.6 cm³/mol. The van der Waals surface area contributed by atoms with Crippen LogP contribution in [0.15, 0.2) is 29.1 Å². The summed E-state index contributed by atoms with van der Waals surface area (Å²) in [6, 6.07) is 5.40. The van der Waals surface area contributed by atoms with Gasteiger partial charge in [0, 0.05) is 18.2 Å². The van der Waals surface area contributed by atoms with Gasteiger partial charge in [0.15, 0.2) is 0 Å². The van der Waals surface area contributed by atoms with E-state index in [2.05, 4.69) is 4.98 Å². The van der Waals surface area contributed by atoms with Gasteiger partial charge in [0.05, 0.1) is 12.6 Å². The minimum Gasteiger partial charge on any atom is -0.497 e. The van der Waals surface area contributed by atoms with E-state index in [0.717, 1.165) is 5.39 Å². The Morgan fingerprint density at radius 2 is 2.13 bits per heavy atom. The van der Waals surface area contributed by atoms with Crippen LogP contribution in [-0.4, -0.2) is 35.8 Å². The van der Waals surface area contributed by atoms with E-state index in [1.807, 2.05) is 0 Å². The summed E-state index contributed by atoms with van der Waals surface area (Å²) in [5.74, 6) is 0.609. The lowest BCUT2D eigenvalue weighted by Gasteiger charge is -2.26. The molecule has 23 heavy (non-hydrogen) atoms. The molecule has 0 spiro atoms. The molecule has 1 saturated heterocycles. The number of pyridine rings is 1. The van der Waals surface area contributed by atoms with Crippen molar-refractivity contribution in [3.05, 3.63) is 40.2 Å². The SMILES string of the molecule is COc1ccc2cc(CN3CCCC3C(F)(F)F)c(=O)[nH]c2c1. The van der Waals surface area contributed by atoms with Crippen LogP contribution in [0.5, 0.6) is 5.75 Å². The van der Waals surface area contributed by atoms with Crippen LogP contribution < -0.4 is 10.3 Å². The van der Waals surface area contributed by atoms with E-state index in [9.17, 15) is 18.0 Å². The maximum Gasteiger partial charge on any atom is 0.404 e. The molecule has 1 atom stereocenters. The van der Waals surface area contributed by atoms with E-state index < -0.39 is 12.2 Å². The summed E-state index contributed by atoms with van der Waals surface area (Å²) in [7, 11) is 1.53. The topological polar surface area (TPSA) is 45.3 Å². The highest BCUT2D eigenvalue weighted by atomic mass is 19.4. The van der Waals surface area contributed by atoms with Crippen LogP contribution in [0.2, 0.25) is 0 Å². The molecule has 0 radical (unpaired) electrons. The van der Waals surface area contributed by atoms with Crippen molar-refractivity contribution in [1.29, 1.82) is 0 Å². The van der Waals surface area contributed by atoms with Crippen molar-refractivity contribution in [2.24, 2.45) is 0 Å². The zero-order chi connectivity index (χ0) is 16.6. The Morgan fingerprint density at radius 3 is 2.83 bits per heavy atom. The number of hydrogen-bond acceptors (Lipinski definition) is 3. The van der Waals surface area contributed by atoms with E-state index in [4.69, 9.17) is 4.74 Å². The van der Waals surface area contributed by atoms with Crippen LogP contribution in [0.1, 0.15) is 18.4 Å². The number of alkyl halides is 3. The lowest BCUT2D eigenvalue weighted by atomic mass is 10.1. The van der Waals surface area contributed by atoms with Gasteiger partial charge < -0.3 is 9.72 Å². The second-order valence-electron chi connectivity index (χ2n) is 5.75. The number of H-pyrrole nitrogens is 1. The molecular weight excluding hydrogens is 309 g/mol. The first-order valence-corrected chi connectivity index (χ1v) is 7.39. The van der Waals surface area contributed by atoms with Gasteiger partial charge in [0.25, 0.3) is 5.56 Å². The fraction of sp³-hybridized carbons (Fsp3) is 0.438. The molecule has 0 saturated carbocycles. The van der Waals surface area contributed by atoms with Crippen LogP contribution in [-0.2, 0) is 6.54 Å². The number of rotatable bonds is 3. The second kappa shape index (κ2) is 5.88. The molecule has 1 aromatic carbocycles. The number of halogens is 3. The first-order chi connectivity index (χ1) is 10.9. The molecule has 2 aromatic rings. The van der Waals surface area contributed by atoms with Crippen LogP contribution in [0.25, 0.3) is 10.9 Å².